The average Bonchev–Trinajstić information content (AvgIpc) is 2.65. The molecule has 0 radical (unpaired) electrons. The Kier molecular flexibility index (Phi) is 12.1. The molecule has 0 spiro atoms. The summed E-state index contributed by atoms with van der Waals surface area (Å²) in [5.74, 6) is -2.82. The second-order valence-electron chi connectivity index (χ2n) is 6.69. The number of dihydropyridines is 1. The normalized spacial score (nSPS) is 16.5. The molecule has 0 fully saturated rings. The number of hydrogen-bond donors (Lipinski definition) is 3. The first-order valence-electron chi connectivity index (χ1n) is 9.24. The second kappa shape index (κ2) is 13.2. The molecule has 0 aromatic heterocycles. The van der Waals surface area contributed by atoms with Crippen molar-refractivity contribution in [2.75, 3.05) is 47.6 Å². The van der Waals surface area contributed by atoms with E-state index in [0.29, 0.717) is 12.2 Å². The van der Waals surface area contributed by atoms with Crippen LogP contribution in [0.1, 0.15) is 19.3 Å². The van der Waals surface area contributed by atoms with Crippen molar-refractivity contribution in [2.45, 2.75) is 19.3 Å². The number of allylic oxidation sites excluding steroid dienone is 2. The highest BCUT2D eigenvalue weighted by Gasteiger charge is 2.22. The van der Waals surface area contributed by atoms with Crippen LogP contribution in [0.2, 0.25) is 0 Å². The van der Waals surface area contributed by atoms with Crippen LogP contribution in [0.4, 0.5) is 0 Å². The summed E-state index contributed by atoms with van der Waals surface area (Å²) in [7, 11) is -7.77. The van der Waals surface area contributed by atoms with Crippen molar-refractivity contribution in [3.05, 3.63) is 23.3 Å². The Balaban J connectivity index is 2.24. The fourth-order valence-electron chi connectivity index (χ4n) is 2.32. The molecule has 1 aliphatic rings. The fraction of sp³-hybridized carbons (Fsp3) is 0.688. The van der Waals surface area contributed by atoms with E-state index in [9.17, 15) is 31.1 Å². The highest BCUT2D eigenvalue weighted by molar-refractivity contribution is 8.78. The summed E-state index contributed by atoms with van der Waals surface area (Å²) in [4.78, 5) is 20.4. The van der Waals surface area contributed by atoms with Crippen molar-refractivity contribution < 1.29 is 36.2 Å². The van der Waals surface area contributed by atoms with Crippen LogP contribution in [-0.2, 0) is 29.0 Å². The molecule has 0 amide bonds. The van der Waals surface area contributed by atoms with Crippen LogP contribution in [0.25, 0.3) is 0 Å². The Bertz CT molecular complexity index is 883. The van der Waals surface area contributed by atoms with Gasteiger partial charge >= 0.3 is 5.97 Å². The van der Waals surface area contributed by atoms with Crippen LogP contribution in [0.15, 0.2) is 23.3 Å². The van der Waals surface area contributed by atoms with Gasteiger partial charge in [-0.1, -0.05) is 22.9 Å². The minimum absolute atomic E-state index is 0.0175. The van der Waals surface area contributed by atoms with Crippen LogP contribution in [0.5, 0.6) is 0 Å². The lowest BCUT2D eigenvalue weighted by molar-refractivity contribution is -0.136. The predicted molar refractivity (Wildman–Crippen MR) is 124 cm³/mol. The van der Waals surface area contributed by atoms with E-state index < -0.39 is 56.7 Å². The molecule has 1 rings (SSSR count). The lowest BCUT2D eigenvalue weighted by atomic mass is 10.4. The molecule has 0 saturated carbocycles. The molecular formula is C16H28NO8PS4. The summed E-state index contributed by atoms with van der Waals surface area (Å²) in [6, 6.07) is 0. The van der Waals surface area contributed by atoms with E-state index in [0.717, 1.165) is 11.6 Å². The maximum atomic E-state index is 12.2. The van der Waals surface area contributed by atoms with Crippen molar-refractivity contribution in [3.63, 3.8) is 0 Å². The quantitative estimate of drug-likeness (QED) is 0.154. The van der Waals surface area contributed by atoms with E-state index in [2.05, 4.69) is 5.32 Å². The highest BCUT2D eigenvalue weighted by Crippen LogP contribution is 2.42. The van der Waals surface area contributed by atoms with Gasteiger partial charge in [0.2, 0.25) is 7.37 Å². The Labute approximate surface area is 185 Å². The summed E-state index contributed by atoms with van der Waals surface area (Å²) in [6.07, 6.45) is 5.83. The summed E-state index contributed by atoms with van der Waals surface area (Å²) < 4.78 is 59.5. The number of sulfone groups is 2. The van der Waals surface area contributed by atoms with Crippen molar-refractivity contribution in [1.82, 2.24) is 5.32 Å². The first kappa shape index (κ1) is 27.6. The highest BCUT2D eigenvalue weighted by atomic mass is 33.1. The third-order valence-electron chi connectivity index (χ3n) is 3.96. The zero-order chi connectivity index (χ0) is 22.7. The maximum absolute atomic E-state index is 12.2. The molecule has 0 bridgehead atoms. The molecule has 3 N–H and O–H groups in total. The molecule has 0 aliphatic carbocycles. The number of carboxylic acid groups (broad SMARTS) is 1. The van der Waals surface area contributed by atoms with Gasteiger partial charge < -0.3 is 15.3 Å². The zero-order valence-corrected chi connectivity index (χ0v) is 20.6. The largest absolute Gasteiger partial charge is 0.481 e. The van der Waals surface area contributed by atoms with Gasteiger partial charge in [-0.2, -0.15) is 0 Å². The number of nitrogens with one attached hydrogen (secondary N) is 1. The van der Waals surface area contributed by atoms with E-state index >= 15 is 0 Å². The summed E-state index contributed by atoms with van der Waals surface area (Å²) in [5.41, 5.74) is 0. The Hall–Kier alpha value is -0.460. The number of aliphatic carboxylic acids is 1. The monoisotopic (exact) mass is 521 g/mol. The third kappa shape index (κ3) is 13.8. The number of rotatable bonds is 16. The number of carboxylic acids is 1. The maximum Gasteiger partial charge on any atom is 0.304 e. The molecule has 30 heavy (non-hydrogen) atoms. The molecule has 1 unspecified atom stereocenters. The molecule has 1 heterocycles. The van der Waals surface area contributed by atoms with Gasteiger partial charge in [0, 0.05) is 24.6 Å². The third-order valence-corrected chi connectivity index (χ3v) is 12.1. The Morgan fingerprint density at radius 1 is 1.07 bits per heavy atom. The minimum atomic E-state index is -3.77. The Morgan fingerprint density at radius 3 is 2.30 bits per heavy atom. The van der Waals surface area contributed by atoms with E-state index in [1.165, 1.54) is 0 Å². The van der Waals surface area contributed by atoms with Crippen molar-refractivity contribution in [2.24, 2.45) is 0 Å². The Morgan fingerprint density at radius 2 is 1.70 bits per heavy atom. The standard InChI is InChI=1S/C16H28NO8PS4/c18-16(19)6-12-30(24,25)14-13-29(22,23)11-4-9-26(20,21)8-3-10-27-28-15-5-1-2-7-17-15/h1-2,5,17H,3-4,6-14H2,(H,18,19)(H,20,21). The van der Waals surface area contributed by atoms with Crippen molar-refractivity contribution in [3.8, 4) is 0 Å². The van der Waals surface area contributed by atoms with Crippen LogP contribution in [0, 0.1) is 0 Å². The van der Waals surface area contributed by atoms with Gasteiger partial charge in [0.25, 0.3) is 0 Å². The van der Waals surface area contributed by atoms with Crippen LogP contribution in [-0.4, -0.2) is 80.4 Å². The van der Waals surface area contributed by atoms with Gasteiger partial charge in [-0.25, -0.2) is 16.8 Å². The molecule has 1 atom stereocenters. The summed E-state index contributed by atoms with van der Waals surface area (Å²) in [6.45, 7) is 0.780. The lowest BCUT2D eigenvalue weighted by Gasteiger charge is -2.12. The van der Waals surface area contributed by atoms with Gasteiger partial charge in [-0.15, -0.1) is 0 Å². The molecule has 0 aromatic rings. The topological polar surface area (TPSA) is 155 Å². The minimum Gasteiger partial charge on any atom is -0.481 e. The van der Waals surface area contributed by atoms with Gasteiger partial charge in [0.1, 0.15) is 0 Å². The van der Waals surface area contributed by atoms with E-state index in [1.54, 1.807) is 21.6 Å². The van der Waals surface area contributed by atoms with E-state index in [4.69, 9.17) is 5.11 Å². The smallest absolute Gasteiger partial charge is 0.304 e. The first-order chi connectivity index (χ1) is 13.9. The van der Waals surface area contributed by atoms with Crippen molar-refractivity contribution in [1.29, 1.82) is 0 Å². The van der Waals surface area contributed by atoms with Gasteiger partial charge in [-0.05, 0) is 29.7 Å². The van der Waals surface area contributed by atoms with Gasteiger partial charge in [0.05, 0.1) is 34.5 Å². The summed E-state index contributed by atoms with van der Waals surface area (Å²) in [5, 5.41) is 12.7. The van der Waals surface area contributed by atoms with Crippen LogP contribution < -0.4 is 5.32 Å². The first-order valence-corrected chi connectivity index (χ1v) is 17.2. The van der Waals surface area contributed by atoms with E-state index in [1.807, 2.05) is 18.2 Å². The molecule has 9 nitrogen and oxygen atoms in total. The zero-order valence-electron chi connectivity index (χ0n) is 16.4. The molecule has 174 valence electrons. The lowest BCUT2D eigenvalue weighted by Crippen LogP contribution is -2.22. The SMILES string of the molecule is O=C(O)CCS(=O)(=O)CCS(=O)(=O)CCCP(=O)(O)CCCSSC1=CC=CCN1. The van der Waals surface area contributed by atoms with Crippen molar-refractivity contribution >= 4 is 54.6 Å². The van der Waals surface area contributed by atoms with Crippen LogP contribution in [0.3, 0.4) is 0 Å². The molecule has 0 saturated heterocycles. The molecule has 1 aliphatic heterocycles. The second-order valence-corrected chi connectivity index (χ2v) is 16.3. The molecule has 14 heteroatoms. The molecular weight excluding hydrogens is 493 g/mol. The number of hydrogen-bond acceptors (Lipinski definition) is 9. The van der Waals surface area contributed by atoms with Gasteiger partial charge in [0.15, 0.2) is 19.7 Å². The summed E-state index contributed by atoms with van der Waals surface area (Å²) >= 11 is 0. The molecule has 0 aromatic carbocycles. The van der Waals surface area contributed by atoms with Gasteiger partial charge in [-0.3, -0.25) is 9.36 Å². The van der Waals surface area contributed by atoms with Crippen LogP contribution >= 0.6 is 29.0 Å². The average molecular weight is 522 g/mol. The predicted octanol–water partition coefficient (Wildman–Crippen LogP) is 1.72. The number of carbonyl (C=O) groups is 1. The van der Waals surface area contributed by atoms with E-state index in [-0.39, 0.29) is 24.5 Å². The fourth-order valence-corrected chi connectivity index (χ4v) is 9.86.